The fourth-order valence-corrected chi connectivity index (χ4v) is 9.44. The number of hydrogen-bond donors (Lipinski definition) is 11. The summed E-state index contributed by atoms with van der Waals surface area (Å²) in [5, 5.41) is 58.3. The van der Waals surface area contributed by atoms with Gasteiger partial charge in [-0.25, -0.2) is 19.7 Å². The number of nitrogens with two attached hydrogens (primary N) is 2. The summed E-state index contributed by atoms with van der Waals surface area (Å²) in [4.78, 5) is 57.6. The van der Waals surface area contributed by atoms with Gasteiger partial charge in [-0.15, -0.1) is 0 Å². The SMILES string of the molecule is CCCn1c(=O)c2[nH]c(C3CCCC3)nc2n(CCC)c1=O.Nc1nc(Cl)nc2c1ncn2[C@@H]1O[C@H](CO)[C@@H](O)[C@H]1O.Nc1nc(NNC=C2CCCCC2)nc2c1ncn2[C@@H]1O[C@H](CO)[C@@H](O)[C@H]1O. The lowest BCUT2D eigenvalue weighted by Gasteiger charge is -2.17. The van der Waals surface area contributed by atoms with Crippen molar-refractivity contribution in [3.63, 3.8) is 0 Å². The van der Waals surface area contributed by atoms with Gasteiger partial charge in [0.1, 0.15) is 59.0 Å². The van der Waals surface area contributed by atoms with Crippen LogP contribution in [-0.4, -0.2) is 139 Å². The van der Waals surface area contributed by atoms with E-state index in [0.717, 1.165) is 44.3 Å². The Morgan fingerprint density at radius 3 is 1.86 bits per heavy atom. The number of ether oxygens (including phenoxy) is 2. The Kier molecular flexibility index (Phi) is 15.9. The molecule has 8 atom stereocenters. The van der Waals surface area contributed by atoms with Crippen molar-refractivity contribution < 1.29 is 40.1 Å². The van der Waals surface area contributed by atoms with Gasteiger partial charge in [0.05, 0.1) is 25.9 Å². The molecule has 70 heavy (non-hydrogen) atoms. The summed E-state index contributed by atoms with van der Waals surface area (Å²) in [7, 11) is 0. The first kappa shape index (κ1) is 50.5. The van der Waals surface area contributed by atoms with E-state index in [9.17, 15) is 35.1 Å². The second-order valence-corrected chi connectivity index (χ2v) is 18.1. The van der Waals surface area contributed by atoms with Crippen LogP contribution in [0.2, 0.25) is 5.28 Å². The lowest BCUT2D eigenvalue weighted by molar-refractivity contribution is -0.0511. The molecule has 2 saturated heterocycles. The molecule has 6 aromatic heterocycles. The lowest BCUT2D eigenvalue weighted by atomic mass is 9.96. The molecule has 2 aliphatic carbocycles. The van der Waals surface area contributed by atoms with Crippen LogP contribution in [0.4, 0.5) is 17.6 Å². The Balaban J connectivity index is 0.000000144. The number of allylic oxidation sites excluding steroid dienone is 1. The number of hydrogen-bond acceptors (Lipinski definition) is 21. The quantitative estimate of drug-likeness (QED) is 0.0597. The number of rotatable bonds is 12. The van der Waals surface area contributed by atoms with Crippen LogP contribution >= 0.6 is 11.6 Å². The van der Waals surface area contributed by atoms with Crippen LogP contribution in [0.3, 0.4) is 0 Å². The van der Waals surface area contributed by atoms with Gasteiger partial charge in [-0.05, 0) is 63.0 Å². The Hall–Kier alpha value is -5.84. The van der Waals surface area contributed by atoms with Crippen LogP contribution in [0.15, 0.2) is 34.0 Å². The highest BCUT2D eigenvalue weighted by Crippen LogP contribution is 2.35. The minimum atomic E-state index is -1.24. The second-order valence-electron chi connectivity index (χ2n) is 17.7. The highest BCUT2D eigenvalue weighted by molar-refractivity contribution is 6.28. The van der Waals surface area contributed by atoms with Gasteiger partial charge in [0.25, 0.3) is 5.56 Å². The molecule has 0 aromatic carbocycles. The molecule has 4 fully saturated rings. The van der Waals surface area contributed by atoms with Crippen LogP contribution in [0.25, 0.3) is 33.5 Å². The maximum absolute atomic E-state index is 12.6. The van der Waals surface area contributed by atoms with Crippen molar-refractivity contribution in [3.8, 4) is 0 Å². The minimum absolute atomic E-state index is 0.0662. The van der Waals surface area contributed by atoms with Crippen LogP contribution < -0.4 is 33.6 Å². The Bertz CT molecular complexity index is 2910. The van der Waals surface area contributed by atoms with Gasteiger partial charge in [-0.3, -0.25) is 28.5 Å². The lowest BCUT2D eigenvalue weighted by Crippen LogP contribution is -2.40. The van der Waals surface area contributed by atoms with Crippen molar-refractivity contribution in [1.29, 1.82) is 0 Å². The van der Waals surface area contributed by atoms with Gasteiger partial charge in [0.2, 0.25) is 11.2 Å². The topological polar surface area (TPSA) is 376 Å². The molecule has 2 aliphatic heterocycles. The normalized spacial score (nSPS) is 24.8. The molecule has 10 rings (SSSR count). The summed E-state index contributed by atoms with van der Waals surface area (Å²) in [5.74, 6) is 1.79. The highest BCUT2D eigenvalue weighted by Gasteiger charge is 2.45. The molecule has 8 heterocycles. The number of aliphatic hydroxyl groups is 6. The number of aryl methyl sites for hydroxylation is 1. The fourth-order valence-electron chi connectivity index (χ4n) is 9.27. The van der Waals surface area contributed by atoms with E-state index in [1.54, 1.807) is 4.57 Å². The maximum Gasteiger partial charge on any atom is 0.332 e. The van der Waals surface area contributed by atoms with Crippen molar-refractivity contribution in [2.24, 2.45) is 0 Å². The van der Waals surface area contributed by atoms with E-state index in [1.807, 2.05) is 20.0 Å². The predicted octanol–water partition coefficient (Wildman–Crippen LogP) is 0.822. The summed E-state index contributed by atoms with van der Waals surface area (Å²) in [6.07, 6.45) is 8.19. The van der Waals surface area contributed by atoms with E-state index in [0.29, 0.717) is 46.9 Å². The first-order valence-corrected chi connectivity index (χ1v) is 24.0. The summed E-state index contributed by atoms with van der Waals surface area (Å²) in [6, 6.07) is 0. The molecule has 0 bridgehead atoms. The summed E-state index contributed by atoms with van der Waals surface area (Å²) < 4.78 is 16.8. The van der Waals surface area contributed by atoms with Crippen molar-refractivity contribution in [1.82, 2.24) is 63.6 Å². The van der Waals surface area contributed by atoms with Crippen LogP contribution in [-0.2, 0) is 22.6 Å². The van der Waals surface area contributed by atoms with Crippen LogP contribution in [0, 0.1) is 0 Å². The number of aromatic nitrogens is 12. The van der Waals surface area contributed by atoms with E-state index in [4.69, 9.17) is 37.6 Å². The molecule has 2 saturated carbocycles. The zero-order chi connectivity index (χ0) is 49.8. The van der Waals surface area contributed by atoms with Gasteiger partial charge in [0, 0.05) is 25.2 Å². The van der Waals surface area contributed by atoms with Gasteiger partial charge in [0.15, 0.2) is 41.0 Å². The van der Waals surface area contributed by atoms with E-state index < -0.39 is 62.3 Å². The molecule has 0 radical (unpaired) electrons. The van der Waals surface area contributed by atoms with E-state index >= 15 is 0 Å². The average molecular weight is 998 g/mol. The highest BCUT2D eigenvalue weighted by atomic mass is 35.5. The number of nitrogen functional groups attached to an aromatic ring is 2. The van der Waals surface area contributed by atoms with Gasteiger partial charge >= 0.3 is 5.69 Å². The first-order valence-electron chi connectivity index (χ1n) is 23.6. The minimum Gasteiger partial charge on any atom is -0.394 e. The van der Waals surface area contributed by atoms with Crippen molar-refractivity contribution in [2.45, 2.75) is 153 Å². The number of hydrazine groups is 1. The maximum atomic E-state index is 12.6. The van der Waals surface area contributed by atoms with Gasteiger partial charge in [-0.1, -0.05) is 38.7 Å². The van der Waals surface area contributed by atoms with Crippen molar-refractivity contribution in [2.75, 3.05) is 30.1 Å². The first-order chi connectivity index (χ1) is 33.8. The number of anilines is 3. The molecular formula is C43H61ClN16O10. The molecule has 0 amide bonds. The monoisotopic (exact) mass is 996 g/mol. The Labute approximate surface area is 404 Å². The van der Waals surface area contributed by atoms with Crippen LogP contribution in [0.1, 0.15) is 109 Å². The Morgan fingerprint density at radius 1 is 0.743 bits per heavy atom. The molecule has 0 spiro atoms. The third-order valence-electron chi connectivity index (χ3n) is 12.9. The van der Waals surface area contributed by atoms with E-state index in [-0.39, 0.29) is 39.8 Å². The molecule has 27 heteroatoms. The fraction of sp³-hybridized carbons (Fsp3) is 0.605. The second kappa shape index (κ2) is 22.1. The predicted molar refractivity (Wildman–Crippen MR) is 255 cm³/mol. The molecule has 380 valence electrons. The third kappa shape index (κ3) is 10.2. The standard InChI is InChI=1S/C17H25N7O4.C16H24N4O2.C10H12ClN5O4/c18-14-11-15(22-17(21-14)23-20-6-9-4-2-1-3-5-9)24(8-19-11)16-13(27)12(26)10(7-25)28-16;1-3-9-19-14-12(15(21)20(10-4-2)16(19)22)17-13(18-14)11-7-5-6-8-11;11-10-14-7(12)4-8(15-10)16(2-13-4)9-6(19)5(18)3(1-17)20-9/h6,8,10,12-13,16,20,25-27H,1-5,7H2,(H3,18,21,22,23);11H,3-10H2,1-2H3,(H,17,18);2-3,5-6,9,17-19H,1H2,(H2,12,14,15)/t10-,12-,13-,16-;;3-,5-,6-,9-/m1.1/s1. The third-order valence-corrected chi connectivity index (χ3v) is 13.1. The number of aromatic amines is 1. The molecule has 4 aliphatic rings. The number of fused-ring (bicyclic) bond motifs is 3. The van der Waals surface area contributed by atoms with E-state index in [1.165, 1.54) is 64.0 Å². The summed E-state index contributed by atoms with van der Waals surface area (Å²) in [6.45, 7) is 4.21. The molecule has 26 nitrogen and oxygen atoms in total. The number of imidazole rings is 3. The van der Waals surface area contributed by atoms with Crippen LogP contribution in [0.5, 0.6) is 0 Å². The molecule has 13 N–H and O–H groups in total. The van der Waals surface area contributed by atoms with Gasteiger partial charge < -0.3 is 62.0 Å². The smallest absolute Gasteiger partial charge is 0.332 e. The molecule has 6 aromatic rings. The summed E-state index contributed by atoms with van der Waals surface area (Å²) >= 11 is 5.74. The molecular weight excluding hydrogens is 936 g/mol. The number of H-pyrrole nitrogens is 1. The number of aliphatic hydroxyl groups excluding tert-OH is 6. The van der Waals surface area contributed by atoms with E-state index in [2.05, 4.69) is 50.7 Å². The Morgan fingerprint density at radius 2 is 1.30 bits per heavy atom. The largest absolute Gasteiger partial charge is 0.394 e. The zero-order valence-electron chi connectivity index (χ0n) is 38.8. The van der Waals surface area contributed by atoms with Crippen molar-refractivity contribution >= 4 is 62.7 Å². The summed E-state index contributed by atoms with van der Waals surface area (Å²) in [5.41, 5.74) is 20.8. The number of nitrogens with one attached hydrogen (secondary N) is 3. The average Bonchev–Trinajstić information content (AvgIpc) is 4.23. The molecule has 0 unspecified atom stereocenters. The van der Waals surface area contributed by atoms with Crippen molar-refractivity contribution in [3.05, 3.63) is 56.4 Å². The number of halogens is 1. The van der Waals surface area contributed by atoms with Gasteiger partial charge in [-0.2, -0.15) is 19.9 Å². The number of nitrogens with zero attached hydrogens (tertiary/aromatic N) is 11. The zero-order valence-corrected chi connectivity index (χ0v) is 39.6.